The number of quaternary nitrogens is 1. The molecule has 0 aliphatic heterocycles. The molecule has 0 spiro atoms. The number of rotatable bonds is 58. The molecule has 0 aromatic heterocycles. The van der Waals surface area contributed by atoms with Gasteiger partial charge in [0, 0.05) is 12.8 Å². The molecule has 0 aromatic rings. The number of ether oxygens (including phenoxy) is 4. The number of unbranched alkanes of at least 4 members (excludes halogenated alkanes) is 5. The zero-order valence-corrected chi connectivity index (χ0v) is 55.9. The predicted molar refractivity (Wildman–Crippen MR) is 379 cm³/mol. The molecule has 0 rings (SSSR count). The second-order valence-electron chi connectivity index (χ2n) is 22.3. The minimum absolute atomic E-state index is 0.119. The van der Waals surface area contributed by atoms with E-state index in [1.807, 2.05) is 21.1 Å². The third-order valence-electron chi connectivity index (χ3n) is 12.9. The lowest BCUT2D eigenvalue weighted by Gasteiger charge is -2.26. The number of nitrogens with zero attached hydrogens (tertiary/aromatic N) is 1. The van der Waals surface area contributed by atoms with Gasteiger partial charge < -0.3 is 33.3 Å². The van der Waals surface area contributed by atoms with Gasteiger partial charge in [-0.05, 0) is 154 Å². The topological polar surface area (TPSA) is 111 Å². The lowest BCUT2D eigenvalue weighted by Crippen LogP contribution is -2.44. The van der Waals surface area contributed by atoms with Gasteiger partial charge in [-0.15, -0.1) is 0 Å². The van der Waals surface area contributed by atoms with Crippen molar-refractivity contribution in [2.45, 2.75) is 206 Å². The number of carbonyl (C=O) groups excluding carboxylic acids is 3. The van der Waals surface area contributed by atoms with Crippen LogP contribution in [-0.4, -0.2) is 82.3 Å². The van der Waals surface area contributed by atoms with Gasteiger partial charge in [0.1, 0.15) is 13.2 Å². The number of carboxylic acid groups (broad SMARTS) is 1. The van der Waals surface area contributed by atoms with E-state index in [9.17, 15) is 19.5 Å². The Morgan fingerprint density at radius 3 is 0.921 bits per heavy atom. The number of allylic oxidation sites excluding steroid dienone is 38. The highest BCUT2D eigenvalue weighted by molar-refractivity contribution is 5.70. The number of hydrogen-bond acceptors (Lipinski definition) is 8. The van der Waals surface area contributed by atoms with E-state index in [1.165, 1.54) is 0 Å². The van der Waals surface area contributed by atoms with Gasteiger partial charge in [-0.25, -0.2) is 0 Å². The summed E-state index contributed by atoms with van der Waals surface area (Å²) in [5, 5.41) is 11.8. The van der Waals surface area contributed by atoms with Crippen molar-refractivity contribution in [2.24, 2.45) is 0 Å². The Bertz CT molecular complexity index is 2310. The van der Waals surface area contributed by atoms with Gasteiger partial charge in [-0.1, -0.05) is 258 Å². The molecule has 0 aromatic carbocycles. The molecule has 0 fully saturated rings. The minimum Gasteiger partial charge on any atom is -0.545 e. The van der Waals surface area contributed by atoms with Crippen LogP contribution in [0.2, 0.25) is 0 Å². The molecule has 2 unspecified atom stereocenters. The molecule has 492 valence electrons. The van der Waals surface area contributed by atoms with Crippen molar-refractivity contribution in [3.8, 4) is 0 Å². The Morgan fingerprint density at radius 2 is 0.618 bits per heavy atom. The molecule has 0 aliphatic carbocycles. The first-order valence-electron chi connectivity index (χ1n) is 33.5. The maximum absolute atomic E-state index is 12.9. The van der Waals surface area contributed by atoms with Crippen LogP contribution in [0.25, 0.3) is 0 Å². The van der Waals surface area contributed by atoms with Crippen LogP contribution in [0.15, 0.2) is 231 Å². The normalized spacial score (nSPS) is 14.2. The molecule has 0 saturated carbocycles. The lowest BCUT2D eigenvalue weighted by atomic mass is 10.1. The van der Waals surface area contributed by atoms with E-state index >= 15 is 0 Å². The molecule has 0 N–H and O–H groups in total. The van der Waals surface area contributed by atoms with Crippen LogP contribution >= 0.6 is 0 Å². The average Bonchev–Trinajstić information content (AvgIpc) is 3.64. The van der Waals surface area contributed by atoms with Crippen LogP contribution in [0, 0.1) is 0 Å². The van der Waals surface area contributed by atoms with Crippen molar-refractivity contribution in [2.75, 3.05) is 47.5 Å². The lowest BCUT2D eigenvalue weighted by molar-refractivity contribution is -0.870. The average molecular weight is 1220 g/mol. The fourth-order valence-corrected chi connectivity index (χ4v) is 7.86. The Labute approximate surface area is 542 Å². The van der Waals surface area contributed by atoms with Crippen LogP contribution in [0.4, 0.5) is 0 Å². The summed E-state index contributed by atoms with van der Waals surface area (Å²) < 4.78 is 22.6. The standard InChI is InChI=1S/C80H119NO8/c1-6-8-10-12-14-16-18-20-22-24-26-28-30-31-32-33-34-35-36-37-38-39-40-41-42-43-44-45-46-47-49-51-53-55-57-59-61-63-65-67-69-71-78(83)89-76(75-88-80(79(84)85)86-73-72-81(3,4)5)74-87-77(82)70-68-66-64-62-60-58-56-54-52-50-48-29-27-25-23-21-19-17-15-13-11-9-7-2/h8-11,14-17,20-23,26-29,31-32,34-35,37-38,40-41,43-44,46-47,50-53,56-59,62,64,76,80H,6-7,12-13,18-19,24-25,30,33,36,39,42,45,48-49,54-55,60-61,63,65-75H2,1-5H3/b10-8-,11-9-,16-14-,17-15-,22-20-,23-21-,28-26-,29-27-,32-31-,35-34-,38-37-,41-40-,44-43-,47-46-,52-50-,53-51-,58-56-,59-57-,64-62-. The molecular weight excluding hydrogens is 1100 g/mol. The van der Waals surface area contributed by atoms with E-state index in [2.05, 4.69) is 245 Å². The number of likely N-dealkylation sites (N-methyl/N-ethyl adjacent to an activating group) is 1. The van der Waals surface area contributed by atoms with Crippen LogP contribution in [0.3, 0.4) is 0 Å². The summed E-state index contributed by atoms with van der Waals surface area (Å²) in [7, 11) is 5.88. The summed E-state index contributed by atoms with van der Waals surface area (Å²) >= 11 is 0. The zero-order valence-electron chi connectivity index (χ0n) is 55.9. The van der Waals surface area contributed by atoms with Crippen molar-refractivity contribution < 1.29 is 42.9 Å². The van der Waals surface area contributed by atoms with Crippen molar-refractivity contribution in [3.05, 3.63) is 231 Å². The Hall–Kier alpha value is -6.65. The van der Waals surface area contributed by atoms with Crippen LogP contribution in [-0.2, 0) is 33.3 Å². The van der Waals surface area contributed by atoms with Crippen molar-refractivity contribution >= 4 is 17.9 Å². The molecule has 9 nitrogen and oxygen atoms in total. The first-order valence-corrected chi connectivity index (χ1v) is 33.5. The predicted octanol–water partition coefficient (Wildman–Crippen LogP) is 19.8. The van der Waals surface area contributed by atoms with Crippen molar-refractivity contribution in [3.63, 3.8) is 0 Å². The number of esters is 2. The molecule has 2 atom stereocenters. The number of aliphatic carboxylic acids is 1. The molecule has 0 amide bonds. The summed E-state index contributed by atoms with van der Waals surface area (Å²) in [6.07, 6.45) is 106. The third-order valence-corrected chi connectivity index (χ3v) is 12.9. The van der Waals surface area contributed by atoms with E-state index in [1.54, 1.807) is 0 Å². The monoisotopic (exact) mass is 1220 g/mol. The summed E-state index contributed by atoms with van der Waals surface area (Å²) in [6.45, 7) is 4.37. The second kappa shape index (κ2) is 67.3. The van der Waals surface area contributed by atoms with Gasteiger partial charge in [-0.2, -0.15) is 0 Å². The fraction of sp³-hybridized carbons (Fsp3) is 0.487. The summed E-state index contributed by atoms with van der Waals surface area (Å²) in [6, 6.07) is 0. The number of carbonyl (C=O) groups is 3. The number of carboxylic acids is 1. The molecule has 0 bridgehead atoms. The largest absolute Gasteiger partial charge is 0.545 e. The van der Waals surface area contributed by atoms with Crippen LogP contribution < -0.4 is 5.11 Å². The third kappa shape index (κ3) is 68.7. The molecular formula is C80H119NO8. The van der Waals surface area contributed by atoms with Crippen LogP contribution in [0.5, 0.6) is 0 Å². The quantitative estimate of drug-likeness (QED) is 0.0195. The van der Waals surface area contributed by atoms with E-state index < -0.39 is 30.3 Å². The summed E-state index contributed by atoms with van der Waals surface area (Å²) in [5.74, 6) is -2.43. The van der Waals surface area contributed by atoms with Gasteiger partial charge in [0.25, 0.3) is 0 Å². The highest BCUT2D eigenvalue weighted by Crippen LogP contribution is 2.11. The molecule has 0 radical (unpaired) electrons. The maximum Gasteiger partial charge on any atom is 0.306 e. The van der Waals surface area contributed by atoms with Gasteiger partial charge >= 0.3 is 11.9 Å². The number of hydrogen-bond donors (Lipinski definition) is 0. The van der Waals surface area contributed by atoms with E-state index in [0.29, 0.717) is 23.9 Å². The van der Waals surface area contributed by atoms with E-state index in [0.717, 1.165) is 154 Å². The Kier molecular flexibility index (Phi) is 62.3. The van der Waals surface area contributed by atoms with E-state index in [4.69, 9.17) is 18.9 Å². The van der Waals surface area contributed by atoms with Crippen molar-refractivity contribution in [1.82, 2.24) is 0 Å². The molecule has 0 heterocycles. The summed E-state index contributed by atoms with van der Waals surface area (Å²) in [5.41, 5.74) is 0. The highest BCUT2D eigenvalue weighted by Gasteiger charge is 2.22. The van der Waals surface area contributed by atoms with Gasteiger partial charge in [0.15, 0.2) is 12.4 Å². The Balaban J connectivity index is 4.35. The summed E-state index contributed by atoms with van der Waals surface area (Å²) in [4.78, 5) is 37.4. The smallest absolute Gasteiger partial charge is 0.306 e. The van der Waals surface area contributed by atoms with E-state index in [-0.39, 0.29) is 32.7 Å². The molecule has 0 aliphatic rings. The molecule has 89 heavy (non-hydrogen) atoms. The van der Waals surface area contributed by atoms with Crippen molar-refractivity contribution in [1.29, 1.82) is 0 Å². The van der Waals surface area contributed by atoms with Crippen LogP contribution in [0.1, 0.15) is 194 Å². The molecule has 0 saturated heterocycles. The van der Waals surface area contributed by atoms with Gasteiger partial charge in [-0.3, -0.25) is 9.59 Å². The molecule has 9 heteroatoms. The highest BCUT2D eigenvalue weighted by atomic mass is 16.7. The van der Waals surface area contributed by atoms with Gasteiger partial charge in [0.2, 0.25) is 0 Å². The fourth-order valence-electron chi connectivity index (χ4n) is 7.86. The first-order chi connectivity index (χ1) is 43.6. The van der Waals surface area contributed by atoms with Gasteiger partial charge in [0.05, 0.1) is 40.3 Å². The Morgan fingerprint density at radius 1 is 0.337 bits per heavy atom. The zero-order chi connectivity index (χ0) is 64.7. The SMILES string of the molecule is CC/C=C\C/C=C\C/C=C\C/C=C\C/C=C\C/C=C\C/C=C\C/C=C\C/C=C\C/C=C\C/C=C\C/C=C\CCCCCCC(=O)OC(COC(=O)CCC/C=C\C/C=C\C/C=C\C/C=C\C/C=C\C/C=C\C/C=C\CC)COC(OCC[N+](C)(C)C)C(=O)[O-]. The maximum atomic E-state index is 12.9. The first kappa shape index (κ1) is 82.4. The minimum atomic E-state index is -1.66. The second-order valence-corrected chi connectivity index (χ2v) is 22.3.